The van der Waals surface area contributed by atoms with Crippen molar-refractivity contribution in [3.63, 3.8) is 0 Å². The van der Waals surface area contributed by atoms with Crippen LogP contribution in [0.5, 0.6) is 0 Å². The summed E-state index contributed by atoms with van der Waals surface area (Å²) in [7, 11) is 1.33. The summed E-state index contributed by atoms with van der Waals surface area (Å²) in [5.41, 5.74) is 5.53. The summed E-state index contributed by atoms with van der Waals surface area (Å²) in [4.78, 5) is 41.9. The molecule has 1 aromatic carbocycles. The van der Waals surface area contributed by atoms with Crippen LogP contribution >= 0.6 is 0 Å². The van der Waals surface area contributed by atoms with Crippen LogP contribution in [-0.4, -0.2) is 71.8 Å². The van der Waals surface area contributed by atoms with Crippen molar-refractivity contribution in [3.05, 3.63) is 57.5 Å². The molecule has 1 aliphatic heterocycles. The number of pyridine rings is 1. The molecule has 0 atom stereocenters. The number of aryl methyl sites for hydroxylation is 2. The van der Waals surface area contributed by atoms with Crippen LogP contribution in [0.3, 0.4) is 0 Å². The first kappa shape index (κ1) is 25.7. The summed E-state index contributed by atoms with van der Waals surface area (Å²) in [6.45, 7) is 9.08. The fourth-order valence-corrected chi connectivity index (χ4v) is 4.46. The minimum Gasteiger partial charge on any atom is -0.379 e. The van der Waals surface area contributed by atoms with E-state index >= 15 is 0 Å². The highest BCUT2D eigenvalue weighted by Crippen LogP contribution is 2.22. The van der Waals surface area contributed by atoms with Crippen LogP contribution in [0.1, 0.15) is 41.8 Å². The average molecular weight is 495 g/mol. The van der Waals surface area contributed by atoms with Gasteiger partial charge in [-0.05, 0) is 36.1 Å². The lowest BCUT2D eigenvalue weighted by Crippen LogP contribution is -2.39. The van der Waals surface area contributed by atoms with Gasteiger partial charge in [-0.3, -0.25) is 19.3 Å². The summed E-state index contributed by atoms with van der Waals surface area (Å²) < 4.78 is 7.19. The molecule has 0 aliphatic carbocycles. The molecule has 0 radical (unpaired) electrons. The Labute approximate surface area is 210 Å². The van der Waals surface area contributed by atoms with Crippen LogP contribution in [0.15, 0.2) is 35.4 Å². The molecule has 2 N–H and O–H groups in total. The molecule has 0 unspecified atom stereocenters. The van der Waals surface area contributed by atoms with E-state index in [9.17, 15) is 9.59 Å². The first-order valence-electron chi connectivity index (χ1n) is 12.5. The van der Waals surface area contributed by atoms with Crippen molar-refractivity contribution in [1.29, 1.82) is 0 Å². The number of nitrogens with one attached hydrogen (secondary N) is 2. The van der Waals surface area contributed by atoms with Crippen molar-refractivity contribution in [1.82, 2.24) is 24.9 Å². The number of carbonyl (C=O) groups is 1. The van der Waals surface area contributed by atoms with Crippen molar-refractivity contribution in [2.24, 2.45) is 0 Å². The van der Waals surface area contributed by atoms with Crippen molar-refractivity contribution in [3.8, 4) is 5.69 Å². The zero-order valence-electron chi connectivity index (χ0n) is 21.2. The maximum Gasteiger partial charge on any atom is 0.280 e. The number of hydroxylamine groups is 1. The van der Waals surface area contributed by atoms with Crippen LogP contribution in [-0.2, 0) is 22.4 Å². The third-order valence-electron chi connectivity index (χ3n) is 6.37. The lowest BCUT2D eigenvalue weighted by Gasteiger charge is -2.26. The number of amides is 1. The molecule has 10 nitrogen and oxygen atoms in total. The van der Waals surface area contributed by atoms with E-state index in [1.54, 1.807) is 4.57 Å². The smallest absolute Gasteiger partial charge is 0.280 e. The normalized spacial score (nSPS) is 14.2. The quantitative estimate of drug-likeness (QED) is 0.413. The van der Waals surface area contributed by atoms with Crippen LogP contribution in [0, 0.1) is 0 Å². The molecule has 1 saturated heterocycles. The maximum absolute atomic E-state index is 13.2. The highest BCUT2D eigenvalue weighted by molar-refractivity contribution is 5.96. The fraction of sp³-hybridized carbons (Fsp3) is 0.462. The number of fused-ring (bicyclic) bond motifs is 1. The standard InChI is InChI=1S/C26H34N6O4/c1-4-6-19-15-20(8-7-18(19)5-2)32-17-22(25(34)30-35-3)23(33)21-16-28-26(29-24(21)32)27-9-10-31-11-13-36-14-12-31/h7-8,15-17H,4-6,9-14H2,1-3H3,(H,30,34)(H,27,28,29). The Bertz CT molecular complexity index is 1270. The summed E-state index contributed by atoms with van der Waals surface area (Å²) >= 11 is 0. The Hall–Kier alpha value is -3.34. The van der Waals surface area contributed by atoms with Crippen LogP contribution in [0.4, 0.5) is 5.95 Å². The molecule has 1 amide bonds. The van der Waals surface area contributed by atoms with E-state index in [0.717, 1.165) is 57.8 Å². The molecule has 1 aliphatic rings. The summed E-state index contributed by atoms with van der Waals surface area (Å²) in [5, 5.41) is 3.53. The van der Waals surface area contributed by atoms with E-state index in [1.807, 2.05) is 6.07 Å². The number of ether oxygens (including phenoxy) is 1. The highest BCUT2D eigenvalue weighted by atomic mass is 16.6. The van der Waals surface area contributed by atoms with E-state index in [0.29, 0.717) is 18.1 Å². The number of carbonyl (C=O) groups excluding carboxylic acids is 1. The Morgan fingerprint density at radius 3 is 2.72 bits per heavy atom. The minimum atomic E-state index is -0.621. The number of benzene rings is 1. The van der Waals surface area contributed by atoms with Crippen LogP contribution in [0.25, 0.3) is 16.7 Å². The monoisotopic (exact) mass is 494 g/mol. The lowest BCUT2D eigenvalue weighted by molar-refractivity contribution is 0.0398. The van der Waals surface area contributed by atoms with E-state index in [4.69, 9.17) is 14.6 Å². The Kier molecular flexibility index (Phi) is 8.63. The molecule has 3 heterocycles. The number of hydrogen-bond donors (Lipinski definition) is 2. The molecule has 0 spiro atoms. The summed E-state index contributed by atoms with van der Waals surface area (Å²) in [5.74, 6) is -0.193. The third-order valence-corrected chi connectivity index (χ3v) is 6.37. The van der Waals surface area contributed by atoms with Gasteiger partial charge < -0.3 is 14.6 Å². The Morgan fingerprint density at radius 2 is 2.00 bits per heavy atom. The average Bonchev–Trinajstić information content (AvgIpc) is 2.90. The van der Waals surface area contributed by atoms with Gasteiger partial charge in [0.1, 0.15) is 5.56 Å². The number of hydrogen-bond acceptors (Lipinski definition) is 8. The molecule has 1 fully saturated rings. The van der Waals surface area contributed by atoms with Crippen LogP contribution < -0.4 is 16.2 Å². The minimum absolute atomic E-state index is 0.0439. The van der Waals surface area contributed by atoms with Gasteiger partial charge >= 0.3 is 0 Å². The predicted molar refractivity (Wildman–Crippen MR) is 139 cm³/mol. The molecule has 0 bridgehead atoms. The van der Waals surface area contributed by atoms with E-state index in [2.05, 4.69) is 46.7 Å². The van der Waals surface area contributed by atoms with E-state index in [1.165, 1.54) is 30.6 Å². The number of rotatable bonds is 10. The van der Waals surface area contributed by atoms with Crippen molar-refractivity contribution in [2.45, 2.75) is 33.1 Å². The van der Waals surface area contributed by atoms with Gasteiger partial charge in [-0.1, -0.05) is 26.3 Å². The predicted octanol–water partition coefficient (Wildman–Crippen LogP) is 2.33. The molecule has 0 saturated carbocycles. The van der Waals surface area contributed by atoms with Crippen molar-refractivity contribution < 1.29 is 14.4 Å². The molecule has 192 valence electrons. The van der Waals surface area contributed by atoms with Gasteiger partial charge in [-0.25, -0.2) is 10.5 Å². The van der Waals surface area contributed by atoms with Gasteiger partial charge in [0, 0.05) is 44.3 Å². The van der Waals surface area contributed by atoms with Gasteiger partial charge in [0.2, 0.25) is 11.4 Å². The van der Waals surface area contributed by atoms with Crippen LogP contribution in [0.2, 0.25) is 0 Å². The highest BCUT2D eigenvalue weighted by Gasteiger charge is 2.19. The first-order valence-corrected chi connectivity index (χ1v) is 12.5. The number of aromatic nitrogens is 3. The number of morpholine rings is 1. The second-order valence-electron chi connectivity index (χ2n) is 8.75. The Balaban J connectivity index is 1.75. The zero-order chi connectivity index (χ0) is 25.5. The molecular weight excluding hydrogens is 460 g/mol. The van der Waals surface area contributed by atoms with Gasteiger partial charge in [0.25, 0.3) is 5.91 Å². The summed E-state index contributed by atoms with van der Waals surface area (Å²) in [6, 6.07) is 6.20. The van der Waals surface area contributed by atoms with Gasteiger partial charge in [0.15, 0.2) is 5.65 Å². The molecule has 36 heavy (non-hydrogen) atoms. The van der Waals surface area contributed by atoms with Gasteiger partial charge in [-0.2, -0.15) is 4.98 Å². The van der Waals surface area contributed by atoms with E-state index in [-0.39, 0.29) is 10.9 Å². The maximum atomic E-state index is 13.2. The lowest BCUT2D eigenvalue weighted by atomic mass is 10.00. The molecular formula is C26H34N6O4. The zero-order valence-corrected chi connectivity index (χ0v) is 21.2. The van der Waals surface area contributed by atoms with Gasteiger partial charge in [0.05, 0.1) is 25.7 Å². The molecule has 2 aromatic heterocycles. The largest absolute Gasteiger partial charge is 0.379 e. The van der Waals surface area contributed by atoms with E-state index < -0.39 is 11.3 Å². The van der Waals surface area contributed by atoms with Gasteiger partial charge in [-0.15, -0.1) is 0 Å². The van der Waals surface area contributed by atoms with Crippen molar-refractivity contribution in [2.75, 3.05) is 51.8 Å². The molecule has 10 heteroatoms. The molecule has 3 aromatic rings. The molecule has 4 rings (SSSR count). The SMILES string of the molecule is CCCc1cc(-n2cc(C(=O)NOC)c(=O)c3cnc(NCCN4CCOCC4)nc32)ccc1CC. The van der Waals surface area contributed by atoms with Crippen molar-refractivity contribution >= 4 is 22.9 Å². The Morgan fingerprint density at radius 1 is 1.19 bits per heavy atom. The third kappa shape index (κ3) is 5.72. The summed E-state index contributed by atoms with van der Waals surface area (Å²) in [6.07, 6.45) is 5.90. The first-order chi connectivity index (χ1) is 17.5. The topological polar surface area (TPSA) is 111 Å². The number of anilines is 1. The fourth-order valence-electron chi connectivity index (χ4n) is 4.46. The second kappa shape index (κ2) is 12.1. The number of nitrogens with zero attached hydrogens (tertiary/aromatic N) is 4. The second-order valence-corrected chi connectivity index (χ2v) is 8.75.